The lowest BCUT2D eigenvalue weighted by Crippen LogP contribution is -2.41. The van der Waals surface area contributed by atoms with Gasteiger partial charge in [0.1, 0.15) is 11.6 Å². The molecule has 1 aromatic carbocycles. The smallest absolute Gasteiger partial charge is 0.324 e. The summed E-state index contributed by atoms with van der Waals surface area (Å²) in [7, 11) is 0. The number of alkyl halides is 3. The van der Waals surface area contributed by atoms with Gasteiger partial charge >= 0.3 is 6.18 Å². The average molecular weight is 376 g/mol. The summed E-state index contributed by atoms with van der Waals surface area (Å²) in [5.41, 5.74) is -0.0846. The standard InChI is InChI=1S/C19H19F3N4O/c1-11-10-26(25-16(11)9-23)18(2,3)17(27)24-15-7-6-13(19(20,21)22)8-14(15)12-4-5-12/h6-8,10,12H,4-5H2,1-3H3,(H,24,27). The maximum absolute atomic E-state index is 13.0. The van der Waals surface area contributed by atoms with Crippen LogP contribution in [0.3, 0.4) is 0 Å². The van der Waals surface area contributed by atoms with E-state index in [1.54, 1.807) is 27.0 Å². The third kappa shape index (κ3) is 3.68. The number of aromatic nitrogens is 2. The predicted molar refractivity (Wildman–Crippen MR) is 93.0 cm³/mol. The van der Waals surface area contributed by atoms with Gasteiger partial charge in [-0.2, -0.15) is 23.5 Å². The fourth-order valence-corrected chi connectivity index (χ4v) is 2.82. The Morgan fingerprint density at radius 1 is 1.33 bits per heavy atom. The number of nitriles is 1. The van der Waals surface area contributed by atoms with E-state index in [4.69, 9.17) is 5.26 Å². The van der Waals surface area contributed by atoms with Crippen LogP contribution in [0.25, 0.3) is 0 Å². The highest BCUT2D eigenvalue weighted by Gasteiger charge is 2.36. The lowest BCUT2D eigenvalue weighted by atomic mass is 10.0. The van der Waals surface area contributed by atoms with Gasteiger partial charge in [0.15, 0.2) is 5.69 Å². The fraction of sp³-hybridized carbons (Fsp3) is 0.421. The van der Waals surface area contributed by atoms with Crippen molar-refractivity contribution in [2.24, 2.45) is 0 Å². The fourth-order valence-electron chi connectivity index (χ4n) is 2.82. The monoisotopic (exact) mass is 376 g/mol. The number of anilines is 1. The molecule has 1 amide bonds. The van der Waals surface area contributed by atoms with E-state index in [0.717, 1.165) is 25.0 Å². The molecule has 8 heteroatoms. The zero-order chi connectivity index (χ0) is 20.0. The lowest BCUT2D eigenvalue weighted by Gasteiger charge is -2.25. The quantitative estimate of drug-likeness (QED) is 0.863. The van der Waals surface area contributed by atoms with E-state index in [-0.39, 0.29) is 11.6 Å². The van der Waals surface area contributed by atoms with Crippen LogP contribution in [-0.4, -0.2) is 15.7 Å². The Morgan fingerprint density at radius 2 is 2.00 bits per heavy atom. The van der Waals surface area contributed by atoms with E-state index in [1.165, 1.54) is 10.7 Å². The maximum Gasteiger partial charge on any atom is 0.416 e. The van der Waals surface area contributed by atoms with Gasteiger partial charge in [-0.25, -0.2) is 0 Å². The van der Waals surface area contributed by atoms with Crippen LogP contribution < -0.4 is 5.32 Å². The van der Waals surface area contributed by atoms with Crippen LogP contribution in [-0.2, 0) is 16.5 Å². The molecule has 2 aromatic rings. The van der Waals surface area contributed by atoms with Crippen molar-refractivity contribution in [2.45, 2.75) is 51.2 Å². The van der Waals surface area contributed by atoms with Crippen molar-refractivity contribution in [2.75, 3.05) is 5.32 Å². The summed E-state index contributed by atoms with van der Waals surface area (Å²) in [6.07, 6.45) is -1.21. The van der Waals surface area contributed by atoms with Gasteiger partial charge in [-0.05, 0) is 63.3 Å². The van der Waals surface area contributed by atoms with Gasteiger partial charge in [0, 0.05) is 17.4 Å². The van der Waals surface area contributed by atoms with Crippen molar-refractivity contribution in [3.8, 4) is 6.07 Å². The van der Waals surface area contributed by atoms with Gasteiger partial charge < -0.3 is 5.32 Å². The van der Waals surface area contributed by atoms with Crippen LogP contribution in [0, 0.1) is 18.3 Å². The average Bonchev–Trinajstić information content (AvgIpc) is 3.35. The Kier molecular flexibility index (Phi) is 4.50. The molecule has 27 heavy (non-hydrogen) atoms. The second-order valence-corrected chi connectivity index (χ2v) is 7.30. The molecule has 0 unspecified atom stereocenters. The van der Waals surface area contributed by atoms with Crippen LogP contribution >= 0.6 is 0 Å². The summed E-state index contributed by atoms with van der Waals surface area (Å²) in [6, 6.07) is 5.35. The zero-order valence-corrected chi connectivity index (χ0v) is 15.2. The van der Waals surface area contributed by atoms with Crippen LogP contribution in [0.15, 0.2) is 24.4 Å². The Balaban J connectivity index is 1.90. The van der Waals surface area contributed by atoms with E-state index in [0.29, 0.717) is 16.8 Å². The third-order valence-electron chi connectivity index (χ3n) is 4.78. The predicted octanol–water partition coefficient (Wildman–Crippen LogP) is 4.33. The van der Waals surface area contributed by atoms with Gasteiger partial charge in [-0.15, -0.1) is 0 Å². The first-order valence-electron chi connectivity index (χ1n) is 8.53. The summed E-state index contributed by atoms with van der Waals surface area (Å²) in [4.78, 5) is 12.8. The summed E-state index contributed by atoms with van der Waals surface area (Å²) in [6.45, 7) is 4.99. The molecule has 3 rings (SSSR count). The van der Waals surface area contributed by atoms with Crippen molar-refractivity contribution in [3.63, 3.8) is 0 Å². The Labute approximate surface area is 154 Å². The van der Waals surface area contributed by atoms with Gasteiger partial charge in [0.25, 0.3) is 5.91 Å². The molecule has 1 aliphatic rings. The number of benzene rings is 1. The van der Waals surface area contributed by atoms with Crippen molar-refractivity contribution in [1.82, 2.24) is 9.78 Å². The molecule has 1 heterocycles. The molecule has 0 saturated heterocycles. The molecule has 1 fully saturated rings. The molecule has 0 atom stereocenters. The number of nitrogens with zero attached hydrogens (tertiary/aromatic N) is 3. The normalized spacial score (nSPS) is 14.7. The first-order chi connectivity index (χ1) is 12.5. The van der Waals surface area contributed by atoms with Crippen molar-refractivity contribution >= 4 is 11.6 Å². The van der Waals surface area contributed by atoms with Gasteiger partial charge in [0.2, 0.25) is 0 Å². The first-order valence-corrected chi connectivity index (χ1v) is 8.53. The number of hydrogen-bond acceptors (Lipinski definition) is 3. The van der Waals surface area contributed by atoms with Crippen molar-refractivity contribution in [3.05, 3.63) is 46.8 Å². The molecule has 0 radical (unpaired) electrons. The van der Waals surface area contributed by atoms with E-state index in [2.05, 4.69) is 10.4 Å². The molecular weight excluding hydrogens is 357 g/mol. The minimum Gasteiger partial charge on any atom is -0.324 e. The highest BCUT2D eigenvalue weighted by molar-refractivity contribution is 5.96. The van der Waals surface area contributed by atoms with Crippen LogP contribution in [0.1, 0.15) is 55.0 Å². The summed E-state index contributed by atoms with van der Waals surface area (Å²) >= 11 is 0. The van der Waals surface area contributed by atoms with E-state index >= 15 is 0 Å². The van der Waals surface area contributed by atoms with Gasteiger partial charge in [-0.1, -0.05) is 0 Å². The molecular formula is C19H19F3N4O. The summed E-state index contributed by atoms with van der Waals surface area (Å²) in [5, 5.41) is 15.9. The van der Waals surface area contributed by atoms with Gasteiger partial charge in [-0.3, -0.25) is 9.48 Å². The number of carbonyl (C=O) groups is 1. The molecule has 5 nitrogen and oxygen atoms in total. The van der Waals surface area contributed by atoms with Crippen LogP contribution in [0.5, 0.6) is 0 Å². The largest absolute Gasteiger partial charge is 0.416 e. The number of carbonyl (C=O) groups excluding carboxylic acids is 1. The molecule has 0 aliphatic heterocycles. The molecule has 0 bridgehead atoms. The number of rotatable bonds is 4. The van der Waals surface area contributed by atoms with E-state index in [9.17, 15) is 18.0 Å². The molecule has 0 spiro atoms. The minimum atomic E-state index is -4.42. The number of amides is 1. The molecule has 1 N–H and O–H groups in total. The second-order valence-electron chi connectivity index (χ2n) is 7.30. The summed E-state index contributed by atoms with van der Waals surface area (Å²) < 4.78 is 40.4. The SMILES string of the molecule is Cc1cn(C(C)(C)C(=O)Nc2ccc(C(F)(F)F)cc2C2CC2)nc1C#N. The molecule has 1 aromatic heterocycles. The van der Waals surface area contributed by atoms with Crippen molar-refractivity contribution in [1.29, 1.82) is 5.26 Å². The first kappa shape index (κ1) is 19.0. The Morgan fingerprint density at radius 3 is 2.52 bits per heavy atom. The summed E-state index contributed by atoms with van der Waals surface area (Å²) in [5.74, 6) is -0.390. The second kappa shape index (κ2) is 6.41. The van der Waals surface area contributed by atoms with Gasteiger partial charge in [0.05, 0.1) is 5.56 Å². The van der Waals surface area contributed by atoms with Crippen LogP contribution in [0.2, 0.25) is 0 Å². The number of aryl methyl sites for hydroxylation is 1. The van der Waals surface area contributed by atoms with Crippen molar-refractivity contribution < 1.29 is 18.0 Å². The highest BCUT2D eigenvalue weighted by atomic mass is 19.4. The lowest BCUT2D eigenvalue weighted by molar-refractivity contribution is -0.137. The third-order valence-corrected chi connectivity index (χ3v) is 4.78. The maximum atomic E-state index is 13.0. The Bertz CT molecular complexity index is 933. The van der Waals surface area contributed by atoms with E-state index in [1.807, 2.05) is 6.07 Å². The number of nitrogens with one attached hydrogen (secondary N) is 1. The minimum absolute atomic E-state index is 0.0304. The number of hydrogen-bond donors (Lipinski definition) is 1. The highest BCUT2D eigenvalue weighted by Crippen LogP contribution is 2.45. The van der Waals surface area contributed by atoms with E-state index < -0.39 is 23.2 Å². The molecule has 1 aliphatic carbocycles. The zero-order valence-electron chi connectivity index (χ0n) is 15.2. The molecule has 142 valence electrons. The topological polar surface area (TPSA) is 70.7 Å². The molecule has 1 saturated carbocycles. The van der Waals surface area contributed by atoms with Crippen LogP contribution in [0.4, 0.5) is 18.9 Å². The number of halogens is 3. The Hall–Kier alpha value is -2.82.